The quantitative estimate of drug-likeness (QED) is 0.609. The molecule has 36 heavy (non-hydrogen) atoms. The van der Waals surface area contributed by atoms with Gasteiger partial charge in [-0.1, -0.05) is 30.3 Å². The standard InChI is InChI=1S/C26H25FN4O4S/c1-34-25(32)22-21(16-6-4-3-5-7-16)18(15-28)24(29)31(23(22)26(33)35-2)17-8-9-20(19(27)14-17)30-10-12-36-13-11-30/h3-9,14,21H,10-13,29H2,1-2H3. The molecule has 0 aliphatic carbocycles. The van der Waals surface area contributed by atoms with Crippen molar-refractivity contribution in [1.82, 2.24) is 0 Å². The van der Waals surface area contributed by atoms with Crippen molar-refractivity contribution in [2.24, 2.45) is 5.73 Å². The van der Waals surface area contributed by atoms with Crippen LogP contribution in [-0.2, 0) is 19.1 Å². The van der Waals surface area contributed by atoms with E-state index < -0.39 is 23.7 Å². The summed E-state index contributed by atoms with van der Waals surface area (Å²) in [5, 5.41) is 10.1. The highest BCUT2D eigenvalue weighted by Crippen LogP contribution is 2.43. The zero-order valence-electron chi connectivity index (χ0n) is 19.9. The summed E-state index contributed by atoms with van der Waals surface area (Å²) in [6.45, 7) is 1.42. The molecule has 0 aromatic heterocycles. The second-order valence-corrected chi connectivity index (χ2v) is 9.30. The molecule has 2 aromatic carbocycles. The van der Waals surface area contributed by atoms with Crippen molar-refractivity contribution in [3.05, 3.63) is 82.6 Å². The number of methoxy groups -OCH3 is 2. The molecule has 10 heteroatoms. The number of halogens is 1. The van der Waals surface area contributed by atoms with E-state index in [0.717, 1.165) is 18.6 Å². The Balaban J connectivity index is 1.94. The van der Waals surface area contributed by atoms with Crippen LogP contribution < -0.4 is 15.5 Å². The molecule has 0 radical (unpaired) electrons. The number of hydrogen-bond donors (Lipinski definition) is 1. The summed E-state index contributed by atoms with van der Waals surface area (Å²) < 4.78 is 25.4. The van der Waals surface area contributed by atoms with Gasteiger partial charge >= 0.3 is 11.9 Å². The minimum atomic E-state index is -0.982. The summed E-state index contributed by atoms with van der Waals surface area (Å²) in [5.41, 5.74) is 7.27. The van der Waals surface area contributed by atoms with E-state index in [1.165, 1.54) is 18.1 Å². The number of rotatable bonds is 5. The van der Waals surface area contributed by atoms with Gasteiger partial charge in [-0.05, 0) is 17.7 Å². The second kappa shape index (κ2) is 10.7. The Labute approximate surface area is 212 Å². The van der Waals surface area contributed by atoms with E-state index in [0.29, 0.717) is 24.3 Å². The van der Waals surface area contributed by atoms with Gasteiger partial charge in [0, 0.05) is 30.7 Å². The first-order valence-corrected chi connectivity index (χ1v) is 12.4. The van der Waals surface area contributed by atoms with Crippen molar-refractivity contribution in [1.29, 1.82) is 5.26 Å². The average Bonchev–Trinajstić information content (AvgIpc) is 2.92. The van der Waals surface area contributed by atoms with Gasteiger partial charge in [-0.3, -0.25) is 4.90 Å². The Morgan fingerprint density at radius 2 is 1.75 bits per heavy atom. The van der Waals surface area contributed by atoms with Crippen LogP contribution in [0.15, 0.2) is 71.2 Å². The monoisotopic (exact) mass is 508 g/mol. The number of anilines is 2. The third-order valence-electron chi connectivity index (χ3n) is 6.15. The van der Waals surface area contributed by atoms with E-state index in [9.17, 15) is 14.9 Å². The predicted molar refractivity (Wildman–Crippen MR) is 135 cm³/mol. The predicted octanol–water partition coefficient (Wildman–Crippen LogP) is 3.28. The van der Waals surface area contributed by atoms with Gasteiger partial charge in [0.1, 0.15) is 17.3 Å². The van der Waals surface area contributed by atoms with Gasteiger partial charge < -0.3 is 20.1 Å². The van der Waals surface area contributed by atoms with Crippen molar-refractivity contribution in [3.63, 3.8) is 0 Å². The number of ether oxygens (including phenoxy) is 2. The topological polar surface area (TPSA) is 109 Å². The van der Waals surface area contributed by atoms with Gasteiger partial charge in [0.15, 0.2) is 0 Å². The first-order chi connectivity index (χ1) is 17.4. The highest BCUT2D eigenvalue weighted by atomic mass is 32.2. The van der Waals surface area contributed by atoms with Crippen LogP contribution in [0.1, 0.15) is 11.5 Å². The van der Waals surface area contributed by atoms with Crippen LogP contribution in [0.2, 0.25) is 0 Å². The van der Waals surface area contributed by atoms with Crippen LogP contribution in [0.3, 0.4) is 0 Å². The smallest absolute Gasteiger partial charge is 0.355 e. The molecule has 1 atom stereocenters. The van der Waals surface area contributed by atoms with Crippen molar-refractivity contribution in [2.45, 2.75) is 5.92 Å². The van der Waals surface area contributed by atoms with E-state index in [1.54, 1.807) is 42.5 Å². The minimum Gasteiger partial charge on any atom is -0.466 e. The van der Waals surface area contributed by atoms with Crippen molar-refractivity contribution in [3.8, 4) is 6.07 Å². The fourth-order valence-corrected chi connectivity index (χ4v) is 5.38. The number of thioether (sulfide) groups is 1. The summed E-state index contributed by atoms with van der Waals surface area (Å²) in [4.78, 5) is 29.3. The van der Waals surface area contributed by atoms with Crippen LogP contribution >= 0.6 is 11.8 Å². The Kier molecular flexibility index (Phi) is 7.50. The lowest BCUT2D eigenvalue weighted by Gasteiger charge is -2.36. The van der Waals surface area contributed by atoms with Crippen LogP contribution in [0.25, 0.3) is 0 Å². The Hall–Kier alpha value is -3.97. The van der Waals surface area contributed by atoms with Crippen molar-refractivity contribution >= 4 is 35.1 Å². The van der Waals surface area contributed by atoms with Gasteiger partial charge in [0.25, 0.3) is 0 Å². The molecule has 0 bridgehead atoms. The molecule has 1 unspecified atom stereocenters. The molecule has 2 aliphatic rings. The lowest BCUT2D eigenvalue weighted by atomic mass is 9.81. The SMILES string of the molecule is COC(=O)C1=C(C(=O)OC)N(c2ccc(N3CCSCC3)c(F)c2)C(N)=C(C#N)C1c1ccccc1. The van der Waals surface area contributed by atoms with E-state index in [2.05, 4.69) is 6.07 Å². The zero-order chi connectivity index (χ0) is 25.8. The lowest BCUT2D eigenvalue weighted by Crippen LogP contribution is -2.41. The molecule has 0 spiro atoms. The fraction of sp³-hybridized carbons (Fsp3) is 0.269. The largest absolute Gasteiger partial charge is 0.466 e. The molecule has 4 rings (SSSR count). The first kappa shape index (κ1) is 25.1. The molecular weight excluding hydrogens is 483 g/mol. The van der Waals surface area contributed by atoms with E-state index >= 15 is 4.39 Å². The number of carbonyl (C=O) groups is 2. The molecule has 2 heterocycles. The number of carbonyl (C=O) groups excluding carboxylic acids is 2. The highest BCUT2D eigenvalue weighted by Gasteiger charge is 2.43. The molecule has 0 saturated carbocycles. The zero-order valence-corrected chi connectivity index (χ0v) is 20.7. The fourth-order valence-electron chi connectivity index (χ4n) is 4.48. The molecule has 2 aliphatic heterocycles. The molecule has 2 aromatic rings. The maximum atomic E-state index is 15.3. The third kappa shape index (κ3) is 4.50. The second-order valence-electron chi connectivity index (χ2n) is 8.07. The number of allylic oxidation sites excluding steroid dienone is 1. The number of nitrogens with two attached hydrogens (primary N) is 1. The van der Waals surface area contributed by atoms with Gasteiger partial charge in [-0.25, -0.2) is 14.0 Å². The average molecular weight is 509 g/mol. The van der Waals surface area contributed by atoms with E-state index in [-0.39, 0.29) is 28.4 Å². The maximum Gasteiger partial charge on any atom is 0.355 e. The number of benzene rings is 2. The molecule has 1 fully saturated rings. The van der Waals surface area contributed by atoms with Crippen LogP contribution in [0.5, 0.6) is 0 Å². The summed E-state index contributed by atoms with van der Waals surface area (Å²) in [6.07, 6.45) is 0. The van der Waals surface area contributed by atoms with E-state index in [4.69, 9.17) is 15.2 Å². The Bertz CT molecular complexity index is 1280. The highest BCUT2D eigenvalue weighted by molar-refractivity contribution is 7.99. The number of hydrogen-bond acceptors (Lipinski definition) is 9. The van der Waals surface area contributed by atoms with Gasteiger partial charge in [0.05, 0.1) is 48.7 Å². The number of esters is 2. The number of nitriles is 1. The van der Waals surface area contributed by atoms with Gasteiger partial charge in [-0.2, -0.15) is 17.0 Å². The minimum absolute atomic E-state index is 0.0202. The first-order valence-electron chi connectivity index (χ1n) is 11.2. The van der Waals surface area contributed by atoms with Crippen molar-refractivity contribution in [2.75, 3.05) is 48.6 Å². The van der Waals surface area contributed by atoms with Gasteiger partial charge in [0.2, 0.25) is 0 Å². The normalized spacial score (nSPS) is 18.1. The van der Waals surface area contributed by atoms with E-state index in [1.807, 2.05) is 16.7 Å². The number of nitrogens with zero attached hydrogens (tertiary/aromatic N) is 3. The summed E-state index contributed by atoms with van der Waals surface area (Å²) in [5.74, 6) is -1.53. The maximum absolute atomic E-state index is 15.3. The van der Waals surface area contributed by atoms with Gasteiger partial charge in [-0.15, -0.1) is 0 Å². The molecule has 2 N–H and O–H groups in total. The van der Waals surface area contributed by atoms with Crippen LogP contribution in [-0.4, -0.2) is 50.8 Å². The Morgan fingerprint density at radius 1 is 1.08 bits per heavy atom. The van der Waals surface area contributed by atoms with Crippen LogP contribution in [0, 0.1) is 17.1 Å². The van der Waals surface area contributed by atoms with Crippen molar-refractivity contribution < 1.29 is 23.5 Å². The third-order valence-corrected chi connectivity index (χ3v) is 7.09. The molecule has 8 nitrogen and oxygen atoms in total. The molecule has 186 valence electrons. The summed E-state index contributed by atoms with van der Waals surface area (Å²) in [6, 6.07) is 15.2. The molecular formula is C26H25FN4O4S. The summed E-state index contributed by atoms with van der Waals surface area (Å²) >= 11 is 1.81. The van der Waals surface area contributed by atoms with Crippen LogP contribution in [0.4, 0.5) is 15.8 Å². The summed E-state index contributed by atoms with van der Waals surface area (Å²) in [7, 11) is 2.34. The lowest BCUT2D eigenvalue weighted by molar-refractivity contribution is -0.139. The molecule has 0 amide bonds. The Morgan fingerprint density at radius 3 is 2.33 bits per heavy atom. The molecule has 1 saturated heterocycles.